The molecule has 0 spiro atoms. The molecule has 0 radical (unpaired) electrons. The first-order valence-electron chi connectivity index (χ1n) is 19.1. The van der Waals surface area contributed by atoms with Crippen molar-refractivity contribution in [3.8, 4) is 0 Å². The third kappa shape index (κ3) is 10.4. The lowest BCUT2D eigenvalue weighted by Crippen LogP contribution is -2.62. The predicted molar refractivity (Wildman–Crippen MR) is 205 cm³/mol. The molecule has 0 aliphatic carbocycles. The number of anilines is 1. The van der Waals surface area contributed by atoms with Crippen molar-refractivity contribution in [3.05, 3.63) is 96.1 Å². The van der Waals surface area contributed by atoms with Crippen molar-refractivity contribution in [3.63, 3.8) is 0 Å². The number of carbonyl (C=O) groups is 1. The van der Waals surface area contributed by atoms with Gasteiger partial charge in [-0.2, -0.15) is 0 Å². The molecule has 3 aliphatic heterocycles. The van der Waals surface area contributed by atoms with E-state index in [4.69, 9.17) is 4.74 Å². The highest BCUT2D eigenvalue weighted by Crippen LogP contribution is 2.44. The molecule has 2 bridgehead atoms. The first-order chi connectivity index (χ1) is 24.8. The number of quaternary nitrogens is 2. The monoisotopic (exact) mass is 735 g/mol. The molecule has 6 rings (SSSR count). The van der Waals surface area contributed by atoms with Gasteiger partial charge in [0, 0.05) is 44.3 Å². The lowest BCUT2D eigenvalue weighted by atomic mass is 9.94. The molecule has 286 valence electrons. The standard InChI is InChI=1S/C20H29NO3.C15H25N2.C7H8O3S/c1-14(2)21(3)16-9-10-17(21)12-18(11-16)24-20(23)19(13-22)15-7-5-4-6-8-15;1-3-17(4-2)13-8-11-16(12-14-17)15-9-6-5-7-10-15;1-6-2-4-7(5-3-6)11(8,9)10/h4-8,14,16-19H,9-13H2,1-3H3;5-7,9-10H,3-4,8,11-14H2,1-2H3;2-5H,1H3,(H,8,9,10)/q;+1;/p-1/t16-,17+,18?,19?,21?;;. The topological polar surface area (TPSA) is 110 Å². The molecule has 5 atom stereocenters. The second-order valence-electron chi connectivity index (χ2n) is 15.2. The predicted octanol–water partition coefficient (Wildman–Crippen LogP) is 5.87. The van der Waals surface area contributed by atoms with Crippen molar-refractivity contribution >= 4 is 21.8 Å². The zero-order valence-corrected chi connectivity index (χ0v) is 33.0. The van der Waals surface area contributed by atoms with E-state index in [0.29, 0.717) is 18.1 Å². The Morgan fingerprint density at radius 3 is 1.92 bits per heavy atom. The number of aryl methyl sites for hydroxylation is 1. The highest BCUT2D eigenvalue weighted by atomic mass is 32.2. The lowest BCUT2D eigenvalue weighted by Gasteiger charge is -2.49. The van der Waals surface area contributed by atoms with Crippen LogP contribution >= 0.6 is 0 Å². The van der Waals surface area contributed by atoms with Gasteiger partial charge >= 0.3 is 5.97 Å². The number of esters is 1. The fraction of sp³-hybridized carbons (Fsp3) is 0.548. The molecule has 3 unspecified atom stereocenters. The third-order valence-electron chi connectivity index (χ3n) is 12.2. The Bertz CT molecular complexity index is 1620. The molecule has 0 amide bonds. The first-order valence-corrected chi connectivity index (χ1v) is 20.5. The van der Waals surface area contributed by atoms with Crippen LogP contribution in [0, 0.1) is 6.92 Å². The largest absolute Gasteiger partial charge is 0.854 e. The fourth-order valence-electron chi connectivity index (χ4n) is 8.42. The maximum absolute atomic E-state index is 12.5. The Kier molecular flexibility index (Phi) is 14.9. The van der Waals surface area contributed by atoms with E-state index in [1.54, 1.807) is 12.1 Å². The van der Waals surface area contributed by atoms with Gasteiger partial charge in [0.05, 0.1) is 68.7 Å². The lowest BCUT2D eigenvalue weighted by molar-refractivity contribution is -0.968. The summed E-state index contributed by atoms with van der Waals surface area (Å²) < 4.78 is 39.4. The molecule has 3 aliphatic rings. The van der Waals surface area contributed by atoms with Crippen LogP contribution in [0.2, 0.25) is 0 Å². The van der Waals surface area contributed by atoms with Gasteiger partial charge in [0.2, 0.25) is 0 Å². The van der Waals surface area contributed by atoms with E-state index in [-0.39, 0.29) is 17.0 Å². The first kappa shape index (κ1) is 41.5. The van der Waals surface area contributed by atoms with Gasteiger partial charge in [-0.05, 0) is 64.4 Å². The highest BCUT2D eigenvalue weighted by molar-refractivity contribution is 7.85. The van der Waals surface area contributed by atoms with E-state index < -0.39 is 22.6 Å². The number of hydrogen-bond donors (Lipinski definition) is 0. The van der Waals surface area contributed by atoms with Crippen LogP contribution < -0.4 is 10.0 Å². The minimum atomic E-state index is -4.27. The van der Waals surface area contributed by atoms with Crippen molar-refractivity contribution in [1.29, 1.82) is 0 Å². The van der Waals surface area contributed by atoms with Crippen molar-refractivity contribution in [2.24, 2.45) is 0 Å². The summed E-state index contributed by atoms with van der Waals surface area (Å²) in [5.74, 6) is -1.03. The number of carbonyl (C=O) groups excluding carboxylic acids is 1. The smallest absolute Gasteiger partial charge is 0.312 e. The van der Waals surface area contributed by atoms with E-state index in [1.165, 1.54) is 80.8 Å². The second kappa shape index (κ2) is 18.7. The Labute approximate surface area is 313 Å². The second-order valence-corrected chi connectivity index (χ2v) is 16.6. The van der Waals surface area contributed by atoms with Crippen LogP contribution in [0.3, 0.4) is 0 Å². The van der Waals surface area contributed by atoms with Gasteiger partial charge in [0.15, 0.2) is 0 Å². The summed E-state index contributed by atoms with van der Waals surface area (Å²) in [5, 5.41) is 11.5. The molecule has 10 heteroatoms. The average molecular weight is 736 g/mol. The van der Waals surface area contributed by atoms with Gasteiger partial charge < -0.3 is 28.3 Å². The number of piperidine rings is 1. The Balaban J connectivity index is 0.000000188. The number of rotatable bonds is 9. The van der Waals surface area contributed by atoms with Crippen LogP contribution in [0.25, 0.3) is 0 Å². The maximum Gasteiger partial charge on any atom is 0.312 e. The normalized spacial score (nSPS) is 24.4. The van der Waals surface area contributed by atoms with Gasteiger partial charge in [0.1, 0.15) is 16.2 Å². The summed E-state index contributed by atoms with van der Waals surface area (Å²) >= 11 is 0. The van der Waals surface area contributed by atoms with Crippen molar-refractivity contribution in [1.82, 2.24) is 0 Å². The molecule has 3 saturated heterocycles. The van der Waals surface area contributed by atoms with E-state index in [1.807, 2.05) is 37.3 Å². The summed E-state index contributed by atoms with van der Waals surface area (Å²) in [6.45, 7) is 18.2. The van der Waals surface area contributed by atoms with Crippen LogP contribution in [0.15, 0.2) is 89.8 Å². The van der Waals surface area contributed by atoms with Gasteiger partial charge in [-0.1, -0.05) is 66.2 Å². The number of fused-ring (bicyclic) bond motifs is 2. The molecule has 0 saturated carbocycles. The number of likely N-dealkylation sites (N-methyl/N-ethyl adjacent to an activating group) is 1. The number of nitrogens with zero attached hydrogens (tertiary/aromatic N) is 3. The minimum absolute atomic E-state index is 0.0299. The number of ether oxygens (including phenoxy) is 1. The third-order valence-corrected chi connectivity index (χ3v) is 13.1. The van der Waals surface area contributed by atoms with Crippen LogP contribution in [0.1, 0.15) is 76.8 Å². The van der Waals surface area contributed by atoms with Gasteiger partial charge in [0.25, 0.3) is 0 Å². The number of para-hydroxylation sites is 1. The van der Waals surface area contributed by atoms with Crippen LogP contribution in [0.5, 0.6) is 0 Å². The van der Waals surface area contributed by atoms with Gasteiger partial charge in [-0.25, -0.2) is 8.42 Å². The van der Waals surface area contributed by atoms with Gasteiger partial charge in [-0.15, -0.1) is 6.61 Å². The Hall–Kier alpha value is -3.28. The van der Waals surface area contributed by atoms with Crippen molar-refractivity contribution in [2.75, 3.05) is 57.8 Å². The fourth-order valence-corrected chi connectivity index (χ4v) is 8.88. The molecule has 3 heterocycles. The van der Waals surface area contributed by atoms with E-state index in [2.05, 4.69) is 70.0 Å². The van der Waals surface area contributed by atoms with E-state index in [9.17, 15) is 22.9 Å². The molecule has 3 aromatic carbocycles. The Morgan fingerprint density at radius 1 is 0.865 bits per heavy atom. The highest BCUT2D eigenvalue weighted by Gasteiger charge is 2.53. The molecule has 3 fully saturated rings. The van der Waals surface area contributed by atoms with Crippen LogP contribution in [-0.4, -0.2) is 105 Å². The average Bonchev–Trinajstić information content (AvgIpc) is 3.30. The SMILES string of the molecule is CC(C)[N+]1(C)[C@@H]2CC[C@H]1CC(OC(=O)C(C[O-])c1ccccc1)C2.CC[N+]1(CC)CCCN(c2ccccc2)CC1.Cc1ccc(S(=O)(=O)[O-])cc1. The maximum atomic E-state index is 12.5. The molecule has 3 aromatic rings. The molecule has 0 N–H and O–H groups in total. The summed E-state index contributed by atoms with van der Waals surface area (Å²) in [6.07, 6.45) is 5.58. The Morgan fingerprint density at radius 2 is 1.42 bits per heavy atom. The van der Waals surface area contributed by atoms with Gasteiger partial charge in [-0.3, -0.25) is 4.79 Å². The summed E-state index contributed by atoms with van der Waals surface area (Å²) in [7, 11) is -1.91. The number of benzene rings is 3. The summed E-state index contributed by atoms with van der Waals surface area (Å²) in [6, 6.07) is 27.6. The van der Waals surface area contributed by atoms with Crippen LogP contribution in [0.4, 0.5) is 5.69 Å². The molecule has 0 aromatic heterocycles. The zero-order chi connectivity index (χ0) is 37.9. The van der Waals surface area contributed by atoms with E-state index >= 15 is 0 Å². The molecule has 52 heavy (non-hydrogen) atoms. The quantitative estimate of drug-likeness (QED) is 0.154. The summed E-state index contributed by atoms with van der Waals surface area (Å²) in [4.78, 5) is 14.9. The zero-order valence-electron chi connectivity index (χ0n) is 32.2. The minimum Gasteiger partial charge on any atom is -0.854 e. The van der Waals surface area contributed by atoms with E-state index in [0.717, 1.165) is 28.5 Å². The number of hydrogen-bond acceptors (Lipinski definition) is 7. The van der Waals surface area contributed by atoms with Crippen molar-refractivity contribution in [2.45, 2.75) is 102 Å². The summed E-state index contributed by atoms with van der Waals surface area (Å²) in [5.41, 5.74) is 3.08. The van der Waals surface area contributed by atoms with Crippen molar-refractivity contribution < 1.29 is 36.6 Å². The molecule has 9 nitrogen and oxygen atoms in total. The molecular formula is C42H61N3O6S. The van der Waals surface area contributed by atoms with Crippen LogP contribution in [-0.2, 0) is 19.6 Å². The molecular weight excluding hydrogens is 675 g/mol.